The van der Waals surface area contributed by atoms with Gasteiger partial charge in [0, 0.05) is 44.0 Å². The average molecular weight is 355 g/mol. The Morgan fingerprint density at radius 2 is 2.15 bits per heavy atom. The Morgan fingerprint density at radius 3 is 3.00 bits per heavy atom. The highest BCUT2D eigenvalue weighted by Crippen LogP contribution is 2.37. The first-order chi connectivity index (χ1) is 12.8. The predicted octanol–water partition coefficient (Wildman–Crippen LogP) is 2.44. The van der Waals surface area contributed by atoms with Crippen molar-refractivity contribution in [3.05, 3.63) is 54.0 Å². The molecule has 0 bridgehead atoms. The van der Waals surface area contributed by atoms with Crippen LogP contribution >= 0.6 is 0 Å². The number of methoxy groups -OCH3 is 1. The van der Waals surface area contributed by atoms with E-state index in [0.717, 1.165) is 43.7 Å². The summed E-state index contributed by atoms with van der Waals surface area (Å²) in [5.41, 5.74) is 2.00. The second-order valence-corrected chi connectivity index (χ2v) is 7.08. The number of likely N-dealkylation sites (tertiary alicyclic amines) is 1. The second kappa shape index (κ2) is 7.70. The number of pyridine rings is 2. The van der Waals surface area contributed by atoms with Crippen LogP contribution in [0.4, 0.5) is 0 Å². The molecule has 0 amide bonds. The van der Waals surface area contributed by atoms with Gasteiger partial charge in [-0.05, 0) is 24.6 Å². The van der Waals surface area contributed by atoms with Gasteiger partial charge in [0.25, 0.3) is 0 Å². The summed E-state index contributed by atoms with van der Waals surface area (Å²) in [6.07, 6.45) is 5.69. The minimum atomic E-state index is -0.0791. The molecule has 6 heteroatoms. The fraction of sp³-hybridized carbons (Fsp3) is 0.500. The molecule has 0 radical (unpaired) electrons. The highest BCUT2D eigenvalue weighted by atomic mass is 16.6. The summed E-state index contributed by atoms with van der Waals surface area (Å²) in [6, 6.07) is 9.92. The summed E-state index contributed by atoms with van der Waals surface area (Å²) in [7, 11) is 1.67. The quantitative estimate of drug-likeness (QED) is 0.793. The highest BCUT2D eigenvalue weighted by molar-refractivity contribution is 5.25. The smallest absolute Gasteiger partial charge is 0.217 e. The van der Waals surface area contributed by atoms with Crippen LogP contribution in [-0.2, 0) is 22.6 Å². The Labute approximate surface area is 154 Å². The molecule has 0 unspecified atom stereocenters. The zero-order chi connectivity index (χ0) is 17.8. The number of aromatic nitrogens is 2. The molecule has 2 aliphatic heterocycles. The summed E-state index contributed by atoms with van der Waals surface area (Å²) < 4.78 is 17.6. The minimum absolute atomic E-state index is 0.0791. The van der Waals surface area contributed by atoms with Gasteiger partial charge in [-0.25, -0.2) is 4.98 Å². The van der Waals surface area contributed by atoms with Crippen molar-refractivity contribution in [1.82, 2.24) is 14.9 Å². The third-order valence-corrected chi connectivity index (χ3v) is 5.20. The number of hydrogen-bond donors (Lipinski definition) is 0. The largest absolute Gasteiger partial charge is 0.481 e. The molecule has 0 saturated carbocycles. The third kappa shape index (κ3) is 3.87. The topological polar surface area (TPSA) is 56.7 Å². The molecule has 6 nitrogen and oxygen atoms in total. The molecule has 4 rings (SSSR count). The lowest BCUT2D eigenvalue weighted by Gasteiger charge is -2.23. The third-order valence-electron chi connectivity index (χ3n) is 5.20. The van der Waals surface area contributed by atoms with Crippen molar-refractivity contribution in [2.24, 2.45) is 0 Å². The van der Waals surface area contributed by atoms with E-state index in [1.54, 1.807) is 19.5 Å². The molecule has 2 aliphatic rings. The van der Waals surface area contributed by atoms with Crippen molar-refractivity contribution in [2.45, 2.75) is 37.7 Å². The Hall–Kier alpha value is -2.02. The van der Waals surface area contributed by atoms with Crippen LogP contribution in [0.25, 0.3) is 0 Å². The van der Waals surface area contributed by atoms with Gasteiger partial charge in [-0.15, -0.1) is 0 Å². The SMILES string of the molecule is COc1ncccc1CN1CC[C@]2(C[C@H](OCc3ccccn3)CO2)C1. The fourth-order valence-electron chi connectivity index (χ4n) is 3.91. The van der Waals surface area contributed by atoms with Gasteiger partial charge in [0.2, 0.25) is 5.88 Å². The predicted molar refractivity (Wildman–Crippen MR) is 96.8 cm³/mol. The van der Waals surface area contributed by atoms with E-state index in [1.807, 2.05) is 24.3 Å². The maximum Gasteiger partial charge on any atom is 0.217 e. The molecule has 0 N–H and O–H groups in total. The fourth-order valence-corrected chi connectivity index (χ4v) is 3.91. The molecule has 0 aliphatic carbocycles. The molecular formula is C20H25N3O3. The molecule has 2 saturated heterocycles. The molecule has 4 heterocycles. The molecule has 2 aromatic heterocycles. The maximum absolute atomic E-state index is 6.19. The van der Waals surface area contributed by atoms with E-state index in [1.165, 1.54) is 0 Å². The average Bonchev–Trinajstić information content (AvgIpc) is 3.27. The van der Waals surface area contributed by atoms with Crippen LogP contribution in [0.3, 0.4) is 0 Å². The van der Waals surface area contributed by atoms with E-state index >= 15 is 0 Å². The molecular weight excluding hydrogens is 330 g/mol. The lowest BCUT2D eigenvalue weighted by Crippen LogP contribution is -2.33. The van der Waals surface area contributed by atoms with Gasteiger partial charge >= 0.3 is 0 Å². The van der Waals surface area contributed by atoms with Crippen molar-refractivity contribution in [3.8, 4) is 5.88 Å². The summed E-state index contributed by atoms with van der Waals surface area (Å²) in [5, 5.41) is 0. The molecule has 2 atom stereocenters. The van der Waals surface area contributed by atoms with Gasteiger partial charge in [0.1, 0.15) is 0 Å². The zero-order valence-corrected chi connectivity index (χ0v) is 15.1. The van der Waals surface area contributed by atoms with Crippen LogP contribution in [-0.4, -0.2) is 53.4 Å². The zero-order valence-electron chi connectivity index (χ0n) is 15.1. The van der Waals surface area contributed by atoms with Crippen molar-refractivity contribution >= 4 is 0 Å². The molecule has 0 aromatic carbocycles. The Morgan fingerprint density at radius 1 is 1.23 bits per heavy atom. The van der Waals surface area contributed by atoms with Gasteiger partial charge < -0.3 is 14.2 Å². The number of hydrogen-bond acceptors (Lipinski definition) is 6. The van der Waals surface area contributed by atoms with Gasteiger partial charge in [-0.1, -0.05) is 12.1 Å². The first-order valence-electron chi connectivity index (χ1n) is 9.12. The van der Waals surface area contributed by atoms with Crippen LogP contribution in [0.2, 0.25) is 0 Å². The molecule has 1 spiro atoms. The molecule has 2 aromatic rings. The number of rotatable bonds is 6. The lowest BCUT2D eigenvalue weighted by molar-refractivity contribution is -0.000829. The van der Waals surface area contributed by atoms with E-state index in [9.17, 15) is 0 Å². The van der Waals surface area contributed by atoms with Crippen LogP contribution in [0.15, 0.2) is 42.7 Å². The van der Waals surface area contributed by atoms with Crippen LogP contribution in [0, 0.1) is 0 Å². The van der Waals surface area contributed by atoms with E-state index < -0.39 is 0 Å². The lowest BCUT2D eigenvalue weighted by atomic mass is 9.98. The van der Waals surface area contributed by atoms with E-state index in [-0.39, 0.29) is 11.7 Å². The molecule has 138 valence electrons. The van der Waals surface area contributed by atoms with Crippen LogP contribution < -0.4 is 4.74 Å². The van der Waals surface area contributed by atoms with Crippen molar-refractivity contribution in [2.75, 3.05) is 26.8 Å². The first kappa shape index (κ1) is 17.4. The van der Waals surface area contributed by atoms with Gasteiger partial charge in [0.15, 0.2) is 0 Å². The first-order valence-corrected chi connectivity index (χ1v) is 9.12. The Kier molecular flexibility index (Phi) is 5.15. The van der Waals surface area contributed by atoms with Crippen molar-refractivity contribution in [3.63, 3.8) is 0 Å². The summed E-state index contributed by atoms with van der Waals surface area (Å²) in [6.45, 7) is 3.99. The minimum Gasteiger partial charge on any atom is -0.481 e. The van der Waals surface area contributed by atoms with Crippen LogP contribution in [0.5, 0.6) is 5.88 Å². The van der Waals surface area contributed by atoms with Crippen LogP contribution in [0.1, 0.15) is 24.1 Å². The standard InChI is InChI=1S/C20H25N3O3/c1-24-19-16(5-4-9-22-19)12-23-10-7-20(15-23)11-18(14-26-20)25-13-17-6-2-3-8-21-17/h2-6,8-9,18H,7,10-15H2,1H3/t18-,20-/m0/s1. The monoisotopic (exact) mass is 355 g/mol. The Balaban J connectivity index is 1.30. The number of ether oxygens (including phenoxy) is 3. The second-order valence-electron chi connectivity index (χ2n) is 7.08. The summed E-state index contributed by atoms with van der Waals surface area (Å²) in [4.78, 5) is 11.0. The van der Waals surface area contributed by atoms with Gasteiger partial charge in [0.05, 0.1) is 37.7 Å². The van der Waals surface area contributed by atoms with E-state index in [4.69, 9.17) is 14.2 Å². The highest BCUT2D eigenvalue weighted by Gasteiger charge is 2.45. The van der Waals surface area contributed by atoms with Gasteiger partial charge in [-0.3, -0.25) is 9.88 Å². The summed E-state index contributed by atoms with van der Waals surface area (Å²) >= 11 is 0. The molecule has 26 heavy (non-hydrogen) atoms. The van der Waals surface area contributed by atoms with Crippen molar-refractivity contribution in [1.29, 1.82) is 0 Å². The number of nitrogens with zero attached hydrogens (tertiary/aromatic N) is 3. The van der Waals surface area contributed by atoms with E-state index in [2.05, 4.69) is 20.9 Å². The summed E-state index contributed by atoms with van der Waals surface area (Å²) in [5.74, 6) is 0.706. The van der Waals surface area contributed by atoms with Crippen molar-refractivity contribution < 1.29 is 14.2 Å². The molecule has 2 fully saturated rings. The normalized spacial score (nSPS) is 25.8. The van der Waals surface area contributed by atoms with E-state index in [0.29, 0.717) is 19.1 Å². The Bertz CT molecular complexity index is 727. The maximum atomic E-state index is 6.19. The van der Waals surface area contributed by atoms with Gasteiger partial charge in [-0.2, -0.15) is 0 Å².